The minimum atomic E-state index is -0.338. The van der Waals surface area contributed by atoms with Crippen molar-refractivity contribution < 1.29 is 9.13 Å². The van der Waals surface area contributed by atoms with Gasteiger partial charge in [-0.25, -0.2) is 9.07 Å². The van der Waals surface area contributed by atoms with Crippen LogP contribution in [0.15, 0.2) is 29.0 Å². The quantitative estimate of drug-likeness (QED) is 0.569. The largest absolute Gasteiger partial charge is 0.497 e. The van der Waals surface area contributed by atoms with E-state index in [9.17, 15) is 4.39 Å². The fourth-order valence-electron chi connectivity index (χ4n) is 1.41. The molecular formula is C11H9BrFIN2O. The van der Waals surface area contributed by atoms with Gasteiger partial charge in [-0.3, -0.25) is 0 Å². The van der Waals surface area contributed by atoms with E-state index < -0.39 is 0 Å². The predicted octanol–water partition coefficient (Wildman–Crippen LogP) is 3.72. The van der Waals surface area contributed by atoms with Crippen molar-refractivity contribution in [2.24, 2.45) is 0 Å². The lowest BCUT2D eigenvalue weighted by molar-refractivity contribution is 0.413. The van der Waals surface area contributed by atoms with E-state index in [0.29, 0.717) is 11.4 Å². The average molecular weight is 411 g/mol. The number of alkyl halides is 1. The second-order valence-electron chi connectivity index (χ2n) is 3.32. The van der Waals surface area contributed by atoms with Crippen LogP contribution in [0.2, 0.25) is 0 Å². The zero-order chi connectivity index (χ0) is 12.4. The molecule has 0 saturated heterocycles. The molecule has 0 unspecified atom stereocenters. The van der Waals surface area contributed by atoms with Crippen molar-refractivity contribution in [2.75, 3.05) is 7.11 Å². The van der Waals surface area contributed by atoms with Crippen molar-refractivity contribution in [3.63, 3.8) is 0 Å². The maximum atomic E-state index is 13.7. The highest BCUT2D eigenvalue weighted by molar-refractivity contribution is 14.1. The first-order valence-corrected chi connectivity index (χ1v) is 7.11. The van der Waals surface area contributed by atoms with Crippen LogP contribution in [0.5, 0.6) is 5.75 Å². The first-order valence-electron chi connectivity index (χ1n) is 4.79. The first-order chi connectivity index (χ1) is 8.17. The maximum absolute atomic E-state index is 13.7. The third-order valence-electron chi connectivity index (χ3n) is 2.31. The monoisotopic (exact) mass is 410 g/mol. The summed E-state index contributed by atoms with van der Waals surface area (Å²) in [4.78, 5) is 0. The van der Waals surface area contributed by atoms with E-state index in [4.69, 9.17) is 4.74 Å². The number of hydrogen-bond donors (Lipinski definition) is 0. The molecule has 1 aromatic carbocycles. The number of rotatable bonds is 3. The van der Waals surface area contributed by atoms with Crippen molar-refractivity contribution >= 4 is 38.5 Å². The third-order valence-corrected chi connectivity index (χ3v) is 3.97. The van der Waals surface area contributed by atoms with Gasteiger partial charge in [0.1, 0.15) is 21.9 Å². The van der Waals surface area contributed by atoms with Gasteiger partial charge in [-0.1, -0.05) is 22.6 Å². The summed E-state index contributed by atoms with van der Waals surface area (Å²) in [5, 5.41) is 4.16. The molecule has 0 N–H and O–H groups in total. The van der Waals surface area contributed by atoms with Crippen LogP contribution in [0, 0.1) is 5.82 Å². The number of hydrogen-bond acceptors (Lipinski definition) is 2. The van der Waals surface area contributed by atoms with E-state index in [2.05, 4.69) is 43.6 Å². The van der Waals surface area contributed by atoms with Crippen LogP contribution in [0.4, 0.5) is 4.39 Å². The normalized spacial score (nSPS) is 10.6. The minimum absolute atomic E-state index is 0.338. The van der Waals surface area contributed by atoms with Gasteiger partial charge in [0.15, 0.2) is 0 Å². The molecule has 0 atom stereocenters. The average Bonchev–Trinajstić information content (AvgIpc) is 2.71. The van der Waals surface area contributed by atoms with Gasteiger partial charge in [-0.15, -0.1) is 0 Å². The van der Waals surface area contributed by atoms with Crippen LogP contribution < -0.4 is 4.74 Å². The number of methoxy groups -OCH3 is 1. The van der Waals surface area contributed by atoms with E-state index in [1.807, 2.05) is 0 Å². The highest BCUT2D eigenvalue weighted by Gasteiger charge is 2.13. The van der Waals surface area contributed by atoms with Crippen LogP contribution in [-0.4, -0.2) is 16.9 Å². The Balaban J connectivity index is 2.55. The Morgan fingerprint density at radius 1 is 1.53 bits per heavy atom. The van der Waals surface area contributed by atoms with Gasteiger partial charge in [-0.05, 0) is 28.1 Å². The van der Waals surface area contributed by atoms with Gasteiger partial charge in [-0.2, -0.15) is 5.10 Å². The van der Waals surface area contributed by atoms with Gasteiger partial charge < -0.3 is 4.74 Å². The summed E-state index contributed by atoms with van der Waals surface area (Å²) >= 11 is 5.65. The van der Waals surface area contributed by atoms with E-state index in [1.54, 1.807) is 25.4 Å². The van der Waals surface area contributed by atoms with Crippen LogP contribution in [0.1, 0.15) is 5.56 Å². The summed E-state index contributed by atoms with van der Waals surface area (Å²) < 4.78 is 21.9. The van der Waals surface area contributed by atoms with Crippen molar-refractivity contribution in [3.05, 3.63) is 40.4 Å². The van der Waals surface area contributed by atoms with Crippen molar-refractivity contribution in [3.8, 4) is 11.4 Å². The fourth-order valence-corrected chi connectivity index (χ4v) is 3.01. The first kappa shape index (κ1) is 12.8. The Labute approximate surface area is 120 Å². The molecule has 2 rings (SSSR count). The lowest BCUT2D eigenvalue weighted by Gasteiger charge is -2.07. The van der Waals surface area contributed by atoms with Gasteiger partial charge in [0.05, 0.1) is 13.3 Å². The molecule has 0 saturated carbocycles. The summed E-state index contributed by atoms with van der Waals surface area (Å²) in [6, 6.07) is 4.56. The number of aromatic nitrogens is 2. The molecule has 0 bridgehead atoms. The van der Waals surface area contributed by atoms with Crippen molar-refractivity contribution in [2.45, 2.75) is 4.43 Å². The third kappa shape index (κ3) is 2.47. The van der Waals surface area contributed by atoms with E-state index in [-0.39, 0.29) is 5.82 Å². The Bertz CT molecular complexity index is 544. The molecule has 2 aromatic rings. The van der Waals surface area contributed by atoms with Crippen LogP contribution in [-0.2, 0) is 4.43 Å². The molecule has 17 heavy (non-hydrogen) atoms. The molecule has 0 amide bonds. The van der Waals surface area contributed by atoms with Gasteiger partial charge in [0.25, 0.3) is 0 Å². The minimum Gasteiger partial charge on any atom is -0.497 e. The van der Waals surface area contributed by atoms with Crippen LogP contribution in [0.3, 0.4) is 0 Å². The number of ether oxygens (including phenoxy) is 1. The fraction of sp³-hybridized carbons (Fsp3) is 0.182. The zero-order valence-electron chi connectivity index (χ0n) is 8.95. The van der Waals surface area contributed by atoms with Gasteiger partial charge in [0, 0.05) is 16.1 Å². The topological polar surface area (TPSA) is 27.1 Å². The summed E-state index contributed by atoms with van der Waals surface area (Å²) in [6.07, 6.45) is 1.72. The Morgan fingerprint density at radius 3 is 2.88 bits per heavy atom. The van der Waals surface area contributed by atoms with Crippen LogP contribution >= 0.6 is 38.5 Å². The molecule has 0 spiro atoms. The summed E-state index contributed by atoms with van der Waals surface area (Å²) in [6.45, 7) is 0. The van der Waals surface area contributed by atoms with Crippen molar-refractivity contribution in [1.82, 2.24) is 9.78 Å². The van der Waals surface area contributed by atoms with Crippen molar-refractivity contribution in [1.29, 1.82) is 0 Å². The molecule has 0 aliphatic carbocycles. The molecule has 3 nitrogen and oxygen atoms in total. The molecule has 6 heteroatoms. The summed E-state index contributed by atoms with van der Waals surface area (Å²) in [5.74, 6) is 0.259. The Kier molecular flexibility index (Phi) is 4.03. The molecular weight excluding hydrogens is 402 g/mol. The standard InChI is InChI=1S/C11H9BrFIN2O/c1-17-8-2-3-9(13)10(4-8)16-11(12)7(5-14)6-15-16/h2-4,6H,5H2,1H3. The van der Waals surface area contributed by atoms with E-state index >= 15 is 0 Å². The van der Waals surface area contributed by atoms with Gasteiger partial charge >= 0.3 is 0 Å². The molecule has 1 heterocycles. The number of halogens is 3. The highest BCUT2D eigenvalue weighted by Crippen LogP contribution is 2.26. The molecule has 1 aromatic heterocycles. The highest BCUT2D eigenvalue weighted by atomic mass is 127. The lowest BCUT2D eigenvalue weighted by Crippen LogP contribution is -2.00. The smallest absolute Gasteiger partial charge is 0.149 e. The molecule has 0 aliphatic rings. The second-order valence-corrected chi connectivity index (χ2v) is 4.84. The molecule has 90 valence electrons. The van der Waals surface area contributed by atoms with Gasteiger partial charge in [0.2, 0.25) is 0 Å². The second kappa shape index (κ2) is 5.34. The summed E-state index contributed by atoms with van der Waals surface area (Å²) in [7, 11) is 1.55. The van der Waals surface area contributed by atoms with E-state index in [0.717, 1.165) is 14.6 Å². The van der Waals surface area contributed by atoms with Crippen LogP contribution in [0.25, 0.3) is 5.69 Å². The molecule has 0 fully saturated rings. The Morgan fingerprint density at radius 2 is 2.29 bits per heavy atom. The zero-order valence-corrected chi connectivity index (χ0v) is 12.7. The predicted molar refractivity (Wildman–Crippen MR) is 75.5 cm³/mol. The maximum Gasteiger partial charge on any atom is 0.149 e. The number of nitrogens with zero attached hydrogens (tertiary/aromatic N) is 2. The Hall–Kier alpha value is -0.630. The SMILES string of the molecule is COc1ccc(F)c(-n2ncc(CI)c2Br)c1. The van der Waals surface area contributed by atoms with E-state index in [1.165, 1.54) is 10.7 Å². The molecule has 0 radical (unpaired) electrons. The lowest BCUT2D eigenvalue weighted by atomic mass is 10.3. The number of benzene rings is 1. The molecule has 0 aliphatic heterocycles. The summed E-state index contributed by atoms with van der Waals surface area (Å²) in [5.41, 5.74) is 1.39.